The first kappa shape index (κ1) is 17.5. The minimum absolute atomic E-state index is 0.0456. The molecule has 0 saturated heterocycles. The van der Waals surface area contributed by atoms with Crippen LogP contribution >= 0.6 is 11.8 Å². The Morgan fingerprint density at radius 1 is 1.04 bits per heavy atom. The number of carbonyl (C=O) groups is 2. The Labute approximate surface area is 151 Å². The van der Waals surface area contributed by atoms with Crippen molar-refractivity contribution < 1.29 is 28.6 Å². The predicted octanol–water partition coefficient (Wildman–Crippen LogP) is 3.55. The molecule has 0 saturated carbocycles. The minimum atomic E-state index is -1.16. The standard InChI is InChI=1S/C17H12N2O6S/c1-9-18-19-17(24-9)26-14(16(22)23)8-12-6-7-13(25-12)10-2-4-11(5-3-10)15(20)21/h2-8H,1H3,(H,20,21)(H,22,23)/b14-8-. The van der Waals surface area contributed by atoms with Gasteiger partial charge >= 0.3 is 11.9 Å². The van der Waals surface area contributed by atoms with Gasteiger partial charge < -0.3 is 19.0 Å². The van der Waals surface area contributed by atoms with Crippen LogP contribution in [-0.2, 0) is 4.79 Å². The molecule has 9 heteroatoms. The molecule has 3 aromatic rings. The summed E-state index contributed by atoms with van der Waals surface area (Å²) in [5.74, 6) is -1.03. The topological polar surface area (TPSA) is 127 Å². The molecule has 0 atom stereocenters. The maximum atomic E-state index is 11.4. The number of rotatable bonds is 6. The van der Waals surface area contributed by atoms with Crippen LogP contribution in [0.5, 0.6) is 0 Å². The molecule has 0 aliphatic heterocycles. The summed E-state index contributed by atoms with van der Waals surface area (Å²) in [5.41, 5.74) is 0.839. The van der Waals surface area contributed by atoms with Gasteiger partial charge in [-0.05, 0) is 36.0 Å². The Hall–Kier alpha value is -3.33. The summed E-state index contributed by atoms with van der Waals surface area (Å²) in [7, 11) is 0. The van der Waals surface area contributed by atoms with Gasteiger partial charge in [-0.25, -0.2) is 9.59 Å². The fraction of sp³-hybridized carbons (Fsp3) is 0.0588. The number of hydrogen-bond acceptors (Lipinski definition) is 7. The second kappa shape index (κ2) is 7.28. The number of thioether (sulfide) groups is 1. The monoisotopic (exact) mass is 372 g/mol. The number of aliphatic carboxylic acids is 1. The molecule has 0 fully saturated rings. The number of aryl methyl sites for hydroxylation is 1. The van der Waals surface area contributed by atoms with Gasteiger partial charge in [0.05, 0.1) is 5.56 Å². The predicted molar refractivity (Wildman–Crippen MR) is 91.6 cm³/mol. The average Bonchev–Trinajstić information content (AvgIpc) is 3.23. The van der Waals surface area contributed by atoms with Crippen molar-refractivity contribution in [1.29, 1.82) is 0 Å². The lowest BCUT2D eigenvalue weighted by Crippen LogP contribution is -1.96. The molecule has 0 unspecified atom stereocenters. The van der Waals surface area contributed by atoms with Crippen molar-refractivity contribution >= 4 is 29.8 Å². The molecule has 3 rings (SSSR count). The fourth-order valence-electron chi connectivity index (χ4n) is 2.04. The van der Waals surface area contributed by atoms with Crippen LogP contribution in [0.15, 0.2) is 55.4 Å². The molecular formula is C17H12N2O6S. The van der Waals surface area contributed by atoms with Gasteiger partial charge in [-0.15, -0.1) is 10.2 Å². The molecule has 1 aromatic carbocycles. The van der Waals surface area contributed by atoms with E-state index in [4.69, 9.17) is 13.9 Å². The molecule has 0 spiro atoms. The van der Waals surface area contributed by atoms with E-state index in [9.17, 15) is 14.7 Å². The number of aromatic carboxylic acids is 1. The van der Waals surface area contributed by atoms with Gasteiger partial charge in [0.25, 0.3) is 5.22 Å². The lowest BCUT2D eigenvalue weighted by atomic mass is 10.1. The lowest BCUT2D eigenvalue weighted by Gasteiger charge is -1.99. The Kier molecular flexibility index (Phi) is 4.90. The number of carboxylic acid groups (broad SMARTS) is 2. The lowest BCUT2D eigenvalue weighted by molar-refractivity contribution is -0.131. The summed E-state index contributed by atoms with van der Waals surface area (Å²) in [6.45, 7) is 1.61. The van der Waals surface area contributed by atoms with Gasteiger partial charge in [0.1, 0.15) is 16.4 Å². The molecule has 0 aliphatic rings. The van der Waals surface area contributed by atoms with Crippen LogP contribution in [0.1, 0.15) is 22.0 Å². The highest BCUT2D eigenvalue weighted by Gasteiger charge is 2.15. The molecule has 2 aromatic heterocycles. The first-order valence-corrected chi connectivity index (χ1v) is 8.10. The average molecular weight is 372 g/mol. The highest BCUT2D eigenvalue weighted by Crippen LogP contribution is 2.29. The first-order valence-electron chi connectivity index (χ1n) is 7.29. The summed E-state index contributed by atoms with van der Waals surface area (Å²) in [6, 6.07) is 9.44. The summed E-state index contributed by atoms with van der Waals surface area (Å²) < 4.78 is 10.8. The number of hydrogen-bond donors (Lipinski definition) is 2. The summed E-state index contributed by atoms with van der Waals surface area (Å²) in [5, 5.41) is 25.8. The van der Waals surface area contributed by atoms with Crippen LogP contribution in [0, 0.1) is 6.92 Å². The van der Waals surface area contributed by atoms with Gasteiger partial charge in [0.2, 0.25) is 5.89 Å². The van der Waals surface area contributed by atoms with E-state index in [1.807, 2.05) is 0 Å². The van der Waals surface area contributed by atoms with Crippen molar-refractivity contribution in [1.82, 2.24) is 10.2 Å². The molecule has 26 heavy (non-hydrogen) atoms. The first-order chi connectivity index (χ1) is 12.4. The van der Waals surface area contributed by atoms with E-state index in [2.05, 4.69) is 10.2 Å². The van der Waals surface area contributed by atoms with Crippen molar-refractivity contribution in [2.24, 2.45) is 0 Å². The largest absolute Gasteiger partial charge is 0.478 e. The molecule has 2 N–H and O–H groups in total. The summed E-state index contributed by atoms with van der Waals surface area (Å²) in [6.07, 6.45) is 1.35. The third kappa shape index (κ3) is 4.01. The van der Waals surface area contributed by atoms with E-state index >= 15 is 0 Å². The summed E-state index contributed by atoms with van der Waals surface area (Å²) in [4.78, 5) is 22.3. The van der Waals surface area contributed by atoms with Crippen molar-refractivity contribution in [2.75, 3.05) is 0 Å². The number of carboxylic acids is 2. The van der Waals surface area contributed by atoms with Gasteiger partial charge in [-0.3, -0.25) is 0 Å². The molecule has 132 valence electrons. The normalized spacial score (nSPS) is 11.5. The van der Waals surface area contributed by atoms with Gasteiger partial charge in [0, 0.05) is 18.6 Å². The van der Waals surface area contributed by atoms with Crippen molar-refractivity contribution in [3.8, 4) is 11.3 Å². The zero-order valence-corrected chi connectivity index (χ0v) is 14.2. The molecule has 8 nitrogen and oxygen atoms in total. The highest BCUT2D eigenvalue weighted by atomic mass is 32.2. The molecule has 0 aliphatic carbocycles. The number of nitrogens with zero attached hydrogens (tertiary/aromatic N) is 2. The zero-order chi connectivity index (χ0) is 18.7. The highest BCUT2D eigenvalue weighted by molar-refractivity contribution is 8.03. The van der Waals surface area contributed by atoms with E-state index in [0.29, 0.717) is 23.0 Å². The fourth-order valence-corrected chi connectivity index (χ4v) is 2.73. The number of aromatic nitrogens is 2. The van der Waals surface area contributed by atoms with E-state index < -0.39 is 11.9 Å². The minimum Gasteiger partial charge on any atom is -0.478 e. The van der Waals surface area contributed by atoms with E-state index in [-0.39, 0.29) is 15.7 Å². The Balaban J connectivity index is 1.83. The van der Waals surface area contributed by atoms with Gasteiger partial charge in [-0.1, -0.05) is 12.1 Å². The van der Waals surface area contributed by atoms with Gasteiger partial charge in [-0.2, -0.15) is 0 Å². The Morgan fingerprint density at radius 3 is 2.35 bits per heavy atom. The van der Waals surface area contributed by atoms with E-state index in [0.717, 1.165) is 11.8 Å². The summed E-state index contributed by atoms with van der Waals surface area (Å²) >= 11 is 0.819. The quantitative estimate of drug-likeness (QED) is 0.493. The van der Waals surface area contributed by atoms with Crippen LogP contribution in [-0.4, -0.2) is 32.3 Å². The maximum absolute atomic E-state index is 11.4. The van der Waals surface area contributed by atoms with Crippen LogP contribution < -0.4 is 0 Å². The second-order valence-electron chi connectivity index (χ2n) is 5.09. The molecule has 2 heterocycles. The smallest absolute Gasteiger partial charge is 0.342 e. The van der Waals surface area contributed by atoms with E-state index in [1.54, 1.807) is 31.2 Å². The SMILES string of the molecule is Cc1nnc(S/C(=C\c2ccc(-c3ccc(C(=O)O)cc3)o2)C(=O)O)o1. The number of benzene rings is 1. The van der Waals surface area contributed by atoms with Crippen molar-refractivity contribution in [2.45, 2.75) is 12.1 Å². The van der Waals surface area contributed by atoms with Crippen LogP contribution in [0.3, 0.4) is 0 Å². The van der Waals surface area contributed by atoms with Crippen molar-refractivity contribution in [3.63, 3.8) is 0 Å². The van der Waals surface area contributed by atoms with Crippen LogP contribution in [0.25, 0.3) is 17.4 Å². The molecule has 0 bridgehead atoms. The van der Waals surface area contributed by atoms with Crippen molar-refractivity contribution in [3.05, 3.63) is 58.5 Å². The Morgan fingerprint density at radius 2 is 1.77 bits per heavy atom. The van der Waals surface area contributed by atoms with Crippen LogP contribution in [0.2, 0.25) is 0 Å². The van der Waals surface area contributed by atoms with Crippen LogP contribution in [0.4, 0.5) is 0 Å². The van der Waals surface area contributed by atoms with E-state index in [1.165, 1.54) is 18.2 Å². The van der Waals surface area contributed by atoms with Gasteiger partial charge in [0.15, 0.2) is 0 Å². The maximum Gasteiger partial charge on any atom is 0.342 e. The third-order valence-electron chi connectivity index (χ3n) is 3.23. The Bertz CT molecular complexity index is 987. The third-order valence-corrected chi connectivity index (χ3v) is 4.08. The second-order valence-corrected chi connectivity index (χ2v) is 6.08. The number of furan rings is 1. The zero-order valence-electron chi connectivity index (χ0n) is 13.4. The molecule has 0 radical (unpaired) electrons. The molecule has 0 amide bonds. The molecular weight excluding hydrogens is 360 g/mol.